The van der Waals surface area contributed by atoms with Crippen LogP contribution in [0.15, 0.2) is 6.33 Å². The Balaban J connectivity index is 2.81. The zero-order valence-corrected chi connectivity index (χ0v) is 15.2. The van der Waals surface area contributed by atoms with Crippen LogP contribution >= 0.6 is 0 Å². The van der Waals surface area contributed by atoms with E-state index in [1.807, 2.05) is 0 Å². The second-order valence-corrected chi connectivity index (χ2v) is 6.47. The van der Waals surface area contributed by atoms with Crippen molar-refractivity contribution in [2.45, 2.75) is 50.4 Å². The van der Waals surface area contributed by atoms with Gasteiger partial charge in [-0.15, -0.1) is 6.42 Å². The summed E-state index contributed by atoms with van der Waals surface area (Å²) in [6.07, 6.45) is 0.312. The summed E-state index contributed by atoms with van der Waals surface area (Å²) in [6.45, 7) is 2.68. The zero-order chi connectivity index (χ0) is 21.6. The first-order valence-electron chi connectivity index (χ1n) is 7.99. The number of aromatic nitrogens is 2. The van der Waals surface area contributed by atoms with E-state index in [2.05, 4.69) is 10.9 Å². The van der Waals surface area contributed by atoms with E-state index in [9.17, 15) is 34.5 Å². The summed E-state index contributed by atoms with van der Waals surface area (Å²) in [7, 11) is 0. The summed E-state index contributed by atoms with van der Waals surface area (Å²) in [5.74, 6) is -2.07. The van der Waals surface area contributed by atoms with Gasteiger partial charge in [0.2, 0.25) is 5.60 Å². The van der Waals surface area contributed by atoms with Gasteiger partial charge in [0.1, 0.15) is 17.9 Å². The Kier molecular flexibility index (Phi) is 5.28. The summed E-state index contributed by atoms with van der Waals surface area (Å²) < 4.78 is 6.27. The molecule has 5 N–H and O–H groups in total. The average molecular weight is 393 g/mol. The molecule has 1 unspecified atom stereocenters. The highest BCUT2D eigenvalue weighted by Crippen LogP contribution is 2.48. The monoisotopic (exact) mass is 393 g/mol. The van der Waals surface area contributed by atoms with Gasteiger partial charge < -0.3 is 25.8 Å². The number of nitrogens with zero attached hydrogens (tertiary/aromatic N) is 2. The van der Waals surface area contributed by atoms with Gasteiger partial charge in [-0.3, -0.25) is 23.7 Å². The zero-order valence-electron chi connectivity index (χ0n) is 15.2. The minimum atomic E-state index is -3.00. The number of ketones is 3. The van der Waals surface area contributed by atoms with Gasteiger partial charge in [0.15, 0.2) is 34.9 Å². The average Bonchev–Trinajstić information content (AvgIpc) is 3.13. The van der Waals surface area contributed by atoms with E-state index in [4.69, 9.17) is 16.9 Å². The second kappa shape index (κ2) is 6.92. The first kappa shape index (κ1) is 21.4. The van der Waals surface area contributed by atoms with Gasteiger partial charge in [-0.2, -0.15) is 0 Å². The number of aliphatic hydroxyl groups is 3. The molecule has 1 aromatic heterocycles. The molecule has 1 amide bonds. The molecule has 150 valence electrons. The molecular formula is C17H19N3O8. The summed E-state index contributed by atoms with van der Waals surface area (Å²) >= 11 is 0. The number of primary amides is 1. The Morgan fingerprint density at radius 2 is 1.79 bits per heavy atom. The predicted molar refractivity (Wildman–Crippen MR) is 90.5 cm³/mol. The minimum Gasteiger partial charge on any atom is -0.382 e. The fraction of sp³-hybridized carbons (Fsp3) is 0.471. The molecule has 11 nitrogen and oxygen atoms in total. The number of imidazole rings is 1. The Labute approximate surface area is 159 Å². The van der Waals surface area contributed by atoms with E-state index < -0.39 is 52.9 Å². The number of nitrogens with two attached hydrogens (primary N) is 1. The highest BCUT2D eigenvalue weighted by atomic mass is 16.6. The van der Waals surface area contributed by atoms with E-state index in [0.29, 0.717) is 0 Å². The van der Waals surface area contributed by atoms with Crippen molar-refractivity contribution in [1.82, 2.24) is 9.55 Å². The molecule has 2 rings (SSSR count). The molecule has 2 heterocycles. The number of carbonyl (C=O) groups excluding carboxylic acids is 4. The molecule has 0 aromatic carbocycles. The lowest BCUT2D eigenvalue weighted by Gasteiger charge is -2.37. The molecule has 0 spiro atoms. The summed E-state index contributed by atoms with van der Waals surface area (Å²) in [5, 5.41) is 32.3. The first-order chi connectivity index (χ1) is 12.8. The maximum absolute atomic E-state index is 12.4. The van der Waals surface area contributed by atoms with Crippen molar-refractivity contribution in [3.8, 4) is 12.3 Å². The predicted octanol–water partition coefficient (Wildman–Crippen LogP) is -2.55. The van der Waals surface area contributed by atoms with Crippen molar-refractivity contribution in [2.24, 2.45) is 5.73 Å². The van der Waals surface area contributed by atoms with Crippen molar-refractivity contribution < 1.29 is 39.2 Å². The van der Waals surface area contributed by atoms with Gasteiger partial charge in [-0.1, -0.05) is 0 Å². The van der Waals surface area contributed by atoms with E-state index in [0.717, 1.165) is 31.7 Å². The normalized spacial score (nSPS) is 30.5. The Bertz CT molecular complexity index is 916. The third-order valence-electron chi connectivity index (χ3n) is 4.82. The summed E-state index contributed by atoms with van der Waals surface area (Å²) in [5.41, 5.74) is -1.49. The van der Waals surface area contributed by atoms with Gasteiger partial charge >= 0.3 is 0 Å². The summed E-state index contributed by atoms with van der Waals surface area (Å²) in [6, 6.07) is 0. The second-order valence-electron chi connectivity index (χ2n) is 6.47. The van der Waals surface area contributed by atoms with Crippen molar-refractivity contribution >= 4 is 23.3 Å². The van der Waals surface area contributed by atoms with E-state index in [1.165, 1.54) is 0 Å². The van der Waals surface area contributed by atoms with Crippen molar-refractivity contribution in [1.29, 1.82) is 0 Å². The lowest BCUT2D eigenvalue weighted by atomic mass is 9.73. The number of hydrogen-bond donors (Lipinski definition) is 4. The highest BCUT2D eigenvalue weighted by Gasteiger charge is 2.73. The smallest absolute Gasteiger partial charge is 0.270 e. The molecule has 1 fully saturated rings. The minimum absolute atomic E-state index is 0.305. The number of Topliss-reactive ketones (excluding diaryl/α,β-unsaturated/α-hetero) is 3. The molecule has 0 saturated carbocycles. The van der Waals surface area contributed by atoms with E-state index in [1.54, 1.807) is 0 Å². The van der Waals surface area contributed by atoms with E-state index in [-0.39, 0.29) is 11.4 Å². The molecule has 28 heavy (non-hydrogen) atoms. The van der Waals surface area contributed by atoms with Gasteiger partial charge in [0.05, 0.1) is 6.33 Å². The number of terminal acetylenes is 1. The number of amides is 1. The Morgan fingerprint density at radius 1 is 1.25 bits per heavy atom. The fourth-order valence-corrected chi connectivity index (χ4v) is 3.30. The molecule has 5 atom stereocenters. The Hall–Kier alpha value is -2.91. The lowest BCUT2D eigenvalue weighted by molar-refractivity contribution is -0.184. The van der Waals surface area contributed by atoms with Crippen LogP contribution in [0.4, 0.5) is 0 Å². The number of hydrogen-bond acceptors (Lipinski definition) is 9. The highest BCUT2D eigenvalue weighted by molar-refractivity contribution is 6.00. The number of ether oxygens (including phenoxy) is 1. The van der Waals surface area contributed by atoms with Crippen molar-refractivity contribution in [2.75, 3.05) is 0 Å². The lowest BCUT2D eigenvalue weighted by Crippen LogP contribution is -2.67. The Morgan fingerprint density at radius 3 is 2.18 bits per heavy atom. The molecule has 0 aliphatic carbocycles. The third kappa shape index (κ3) is 2.66. The first-order valence-corrected chi connectivity index (χ1v) is 7.99. The van der Waals surface area contributed by atoms with Crippen LogP contribution in [0.3, 0.4) is 0 Å². The van der Waals surface area contributed by atoms with E-state index >= 15 is 0 Å². The molecule has 0 bridgehead atoms. The number of aliphatic hydroxyl groups excluding tert-OH is 1. The third-order valence-corrected chi connectivity index (χ3v) is 4.82. The topological polar surface area (TPSA) is 182 Å². The van der Waals surface area contributed by atoms with Gasteiger partial charge in [-0.05, 0) is 26.7 Å². The van der Waals surface area contributed by atoms with Crippen molar-refractivity contribution in [3.63, 3.8) is 0 Å². The van der Waals surface area contributed by atoms with Crippen LogP contribution in [-0.4, -0.2) is 71.5 Å². The van der Waals surface area contributed by atoms with Crippen LogP contribution in [0.1, 0.15) is 43.2 Å². The van der Waals surface area contributed by atoms with Crippen LogP contribution in [0.25, 0.3) is 0 Å². The molecular weight excluding hydrogens is 374 g/mol. The fourth-order valence-electron chi connectivity index (χ4n) is 3.30. The quantitative estimate of drug-likeness (QED) is 0.378. The maximum Gasteiger partial charge on any atom is 0.270 e. The van der Waals surface area contributed by atoms with Crippen molar-refractivity contribution in [3.05, 3.63) is 17.7 Å². The standard InChI is InChI=1S/C17H19N3O8/c1-5-10-11(14(18)25)19-6-20(10)15-17(27,9(4)23)16(26,8(3)22)13(28-15)12(24)7(2)21/h1,6,12-13,15,24,26-27H,2-4H3,(H2,18,25)/t12?,13-,15-,16-,17+/m1/s1. The van der Waals surface area contributed by atoms with Gasteiger partial charge in [-0.25, -0.2) is 4.98 Å². The molecule has 1 aliphatic heterocycles. The van der Waals surface area contributed by atoms with Gasteiger partial charge in [0, 0.05) is 0 Å². The number of rotatable bonds is 6. The SMILES string of the molecule is C#Cc1c(C(N)=O)ncn1[C@@H]1O[C@H](C(O)C(C)=O)[C@](O)(C(C)=O)[C@]1(O)C(C)=O. The van der Waals surface area contributed by atoms with Crippen LogP contribution in [0.5, 0.6) is 0 Å². The molecule has 1 saturated heterocycles. The summed E-state index contributed by atoms with van der Waals surface area (Å²) in [4.78, 5) is 51.5. The van der Waals surface area contributed by atoms with Gasteiger partial charge in [0.25, 0.3) is 5.91 Å². The molecule has 0 radical (unpaired) electrons. The van der Waals surface area contributed by atoms with Crippen LogP contribution in [0, 0.1) is 12.3 Å². The number of carbonyl (C=O) groups is 4. The maximum atomic E-state index is 12.4. The van der Waals surface area contributed by atoms with Crippen LogP contribution in [-0.2, 0) is 19.1 Å². The molecule has 11 heteroatoms. The molecule has 1 aliphatic rings. The van der Waals surface area contributed by atoms with Crippen LogP contribution < -0.4 is 5.73 Å². The van der Waals surface area contributed by atoms with Crippen LogP contribution in [0.2, 0.25) is 0 Å². The molecule has 1 aromatic rings. The largest absolute Gasteiger partial charge is 0.382 e.